The van der Waals surface area contributed by atoms with E-state index in [1.807, 2.05) is 36.4 Å². The molecule has 0 bridgehead atoms. The van der Waals surface area contributed by atoms with Crippen LogP contribution in [-0.2, 0) is 16.6 Å². The molecule has 1 saturated heterocycles. The number of carbonyl (C=O) groups is 1. The van der Waals surface area contributed by atoms with Crippen LogP contribution in [0.3, 0.4) is 0 Å². The van der Waals surface area contributed by atoms with Crippen LogP contribution in [0.4, 0.5) is 0 Å². The second kappa shape index (κ2) is 7.42. The van der Waals surface area contributed by atoms with E-state index >= 15 is 0 Å². The third-order valence-corrected chi connectivity index (χ3v) is 8.18. The van der Waals surface area contributed by atoms with E-state index in [1.165, 1.54) is 15.6 Å². The molecule has 1 aliphatic heterocycles. The third kappa shape index (κ3) is 3.76. The van der Waals surface area contributed by atoms with Gasteiger partial charge in [-0.25, -0.2) is 8.42 Å². The SMILES string of the molecule is O=C(NCc1ccc(S(=O)(=O)N2CCCC2)s1)c1ccc2ccccc2c1. The van der Waals surface area contributed by atoms with E-state index in [0.29, 0.717) is 29.4 Å². The number of carbonyl (C=O) groups excluding carboxylic acids is 1. The summed E-state index contributed by atoms with van der Waals surface area (Å²) in [6.07, 6.45) is 1.83. The molecule has 7 heteroatoms. The largest absolute Gasteiger partial charge is 0.347 e. The smallest absolute Gasteiger partial charge is 0.252 e. The Kier molecular flexibility index (Phi) is 4.99. The Labute approximate surface area is 162 Å². The molecule has 2 aromatic carbocycles. The molecule has 1 N–H and O–H groups in total. The van der Waals surface area contributed by atoms with Crippen molar-refractivity contribution in [3.05, 3.63) is 65.0 Å². The zero-order chi connectivity index (χ0) is 18.9. The lowest BCUT2D eigenvalue weighted by molar-refractivity contribution is 0.0951. The standard InChI is InChI=1S/C20H20N2O3S2/c23-20(17-8-7-15-5-1-2-6-16(15)13-17)21-14-18-9-10-19(26-18)27(24,25)22-11-3-4-12-22/h1-2,5-10,13H,3-4,11-12,14H2,(H,21,23). The molecule has 1 aromatic heterocycles. The van der Waals surface area contributed by atoms with Gasteiger partial charge in [0, 0.05) is 23.5 Å². The van der Waals surface area contributed by atoms with E-state index in [-0.39, 0.29) is 5.91 Å². The van der Waals surface area contributed by atoms with Gasteiger partial charge in [0.2, 0.25) is 0 Å². The van der Waals surface area contributed by atoms with Crippen LogP contribution in [0.15, 0.2) is 58.8 Å². The third-order valence-electron chi connectivity index (χ3n) is 4.73. The monoisotopic (exact) mass is 400 g/mol. The van der Waals surface area contributed by atoms with Crippen molar-refractivity contribution in [1.29, 1.82) is 0 Å². The Balaban J connectivity index is 1.44. The molecule has 0 saturated carbocycles. The molecule has 140 valence electrons. The van der Waals surface area contributed by atoms with Gasteiger partial charge in [-0.1, -0.05) is 30.3 Å². The number of benzene rings is 2. The molecule has 0 radical (unpaired) electrons. The lowest BCUT2D eigenvalue weighted by Gasteiger charge is -2.13. The van der Waals surface area contributed by atoms with Crippen molar-refractivity contribution >= 4 is 38.0 Å². The Morgan fingerprint density at radius 1 is 1.00 bits per heavy atom. The quantitative estimate of drug-likeness (QED) is 0.711. The molecule has 5 nitrogen and oxygen atoms in total. The summed E-state index contributed by atoms with van der Waals surface area (Å²) in [4.78, 5) is 13.3. The van der Waals surface area contributed by atoms with Gasteiger partial charge in [0.15, 0.2) is 0 Å². The highest BCUT2D eigenvalue weighted by Gasteiger charge is 2.28. The summed E-state index contributed by atoms with van der Waals surface area (Å²) >= 11 is 1.22. The molecule has 0 spiro atoms. The second-order valence-corrected chi connectivity index (χ2v) is 9.91. The number of rotatable bonds is 5. The van der Waals surface area contributed by atoms with Gasteiger partial charge in [-0.15, -0.1) is 11.3 Å². The summed E-state index contributed by atoms with van der Waals surface area (Å²) < 4.78 is 27.0. The minimum atomic E-state index is -3.39. The lowest BCUT2D eigenvalue weighted by atomic mass is 10.1. The lowest BCUT2D eigenvalue weighted by Crippen LogP contribution is -2.27. The zero-order valence-corrected chi connectivity index (χ0v) is 16.4. The van der Waals surface area contributed by atoms with Crippen molar-refractivity contribution in [2.24, 2.45) is 0 Å². The van der Waals surface area contributed by atoms with E-state index in [4.69, 9.17) is 0 Å². The van der Waals surface area contributed by atoms with E-state index in [0.717, 1.165) is 28.5 Å². The average molecular weight is 401 g/mol. The summed E-state index contributed by atoms with van der Waals surface area (Å²) in [7, 11) is -3.39. The van der Waals surface area contributed by atoms with Gasteiger partial charge in [-0.05, 0) is 47.9 Å². The number of nitrogens with one attached hydrogen (secondary N) is 1. The minimum Gasteiger partial charge on any atom is -0.347 e. The predicted molar refractivity (Wildman–Crippen MR) is 107 cm³/mol. The second-order valence-electron chi connectivity index (χ2n) is 6.58. The average Bonchev–Trinajstić information content (AvgIpc) is 3.38. The zero-order valence-electron chi connectivity index (χ0n) is 14.7. The van der Waals surface area contributed by atoms with Crippen LogP contribution in [0.1, 0.15) is 28.1 Å². The number of fused-ring (bicyclic) bond motifs is 1. The van der Waals surface area contributed by atoms with Crippen LogP contribution < -0.4 is 5.32 Å². The number of hydrogen-bond donors (Lipinski definition) is 1. The molecule has 1 aliphatic rings. The van der Waals surface area contributed by atoms with Crippen molar-refractivity contribution in [1.82, 2.24) is 9.62 Å². The highest BCUT2D eigenvalue weighted by Crippen LogP contribution is 2.27. The van der Waals surface area contributed by atoms with E-state index in [1.54, 1.807) is 18.2 Å². The molecule has 1 amide bonds. The van der Waals surface area contributed by atoms with Crippen LogP contribution in [0.5, 0.6) is 0 Å². The Morgan fingerprint density at radius 3 is 2.52 bits per heavy atom. The molecular formula is C20H20N2O3S2. The fraction of sp³-hybridized carbons (Fsp3) is 0.250. The van der Waals surface area contributed by atoms with E-state index < -0.39 is 10.0 Å². The van der Waals surface area contributed by atoms with Crippen molar-refractivity contribution < 1.29 is 13.2 Å². The number of nitrogens with zero attached hydrogens (tertiary/aromatic N) is 1. The van der Waals surface area contributed by atoms with Crippen LogP contribution in [0.25, 0.3) is 10.8 Å². The minimum absolute atomic E-state index is 0.168. The first-order chi connectivity index (χ1) is 13.0. The molecule has 3 aromatic rings. The number of thiophene rings is 1. The fourth-order valence-corrected chi connectivity index (χ4v) is 6.21. The molecule has 4 rings (SSSR count). The maximum Gasteiger partial charge on any atom is 0.252 e. The molecule has 0 unspecified atom stereocenters. The summed E-state index contributed by atoms with van der Waals surface area (Å²) in [6, 6.07) is 16.9. The van der Waals surface area contributed by atoms with Gasteiger partial charge in [-0.3, -0.25) is 4.79 Å². The van der Waals surface area contributed by atoms with Gasteiger partial charge in [0.25, 0.3) is 15.9 Å². The van der Waals surface area contributed by atoms with Crippen molar-refractivity contribution in [2.75, 3.05) is 13.1 Å². The molecule has 0 aliphatic carbocycles. The highest BCUT2D eigenvalue weighted by atomic mass is 32.2. The van der Waals surface area contributed by atoms with Crippen molar-refractivity contribution in [2.45, 2.75) is 23.6 Å². The topological polar surface area (TPSA) is 66.5 Å². The molecular weight excluding hydrogens is 380 g/mol. The first-order valence-corrected chi connectivity index (χ1v) is 11.2. The van der Waals surface area contributed by atoms with Crippen molar-refractivity contribution in [3.8, 4) is 0 Å². The van der Waals surface area contributed by atoms with Gasteiger partial charge >= 0.3 is 0 Å². The summed E-state index contributed by atoms with van der Waals surface area (Å²) in [5.41, 5.74) is 0.593. The van der Waals surface area contributed by atoms with Gasteiger partial charge in [0.1, 0.15) is 4.21 Å². The van der Waals surface area contributed by atoms with Gasteiger partial charge in [-0.2, -0.15) is 4.31 Å². The summed E-state index contributed by atoms with van der Waals surface area (Å²) in [5.74, 6) is -0.168. The van der Waals surface area contributed by atoms with E-state index in [2.05, 4.69) is 5.32 Å². The van der Waals surface area contributed by atoms with Gasteiger partial charge in [0.05, 0.1) is 6.54 Å². The van der Waals surface area contributed by atoms with Crippen LogP contribution >= 0.6 is 11.3 Å². The van der Waals surface area contributed by atoms with Crippen molar-refractivity contribution in [3.63, 3.8) is 0 Å². The molecule has 1 fully saturated rings. The summed E-state index contributed by atoms with van der Waals surface area (Å²) in [6.45, 7) is 1.49. The van der Waals surface area contributed by atoms with E-state index in [9.17, 15) is 13.2 Å². The Bertz CT molecular complexity index is 1080. The molecule has 2 heterocycles. The van der Waals surface area contributed by atoms with Crippen LogP contribution in [0, 0.1) is 0 Å². The summed E-state index contributed by atoms with van der Waals surface area (Å²) in [5, 5.41) is 4.98. The van der Waals surface area contributed by atoms with Crippen LogP contribution in [0.2, 0.25) is 0 Å². The van der Waals surface area contributed by atoms with Gasteiger partial charge < -0.3 is 5.32 Å². The normalized spacial score (nSPS) is 15.3. The maximum atomic E-state index is 12.6. The highest BCUT2D eigenvalue weighted by molar-refractivity contribution is 7.91. The number of hydrogen-bond acceptors (Lipinski definition) is 4. The molecule has 0 atom stereocenters. The predicted octanol–water partition coefficient (Wildman–Crippen LogP) is 3.62. The first-order valence-electron chi connectivity index (χ1n) is 8.90. The molecule has 27 heavy (non-hydrogen) atoms. The first kappa shape index (κ1) is 18.2. The maximum absolute atomic E-state index is 12.6. The number of amides is 1. The number of sulfonamides is 1. The van der Waals surface area contributed by atoms with Crippen LogP contribution in [-0.4, -0.2) is 31.7 Å². The fourth-order valence-electron chi connectivity index (χ4n) is 3.25. The Morgan fingerprint density at radius 2 is 1.74 bits per heavy atom. The Hall–Kier alpha value is -2.22.